The quantitative estimate of drug-likeness (QED) is 0.757. The summed E-state index contributed by atoms with van der Waals surface area (Å²) in [5, 5.41) is 13.8. The number of furan rings is 1. The van der Waals surface area contributed by atoms with Gasteiger partial charge in [0.1, 0.15) is 0 Å². The zero-order valence-corrected chi connectivity index (χ0v) is 12.1. The molecule has 2 aromatic heterocycles. The molecule has 2 heterocycles. The van der Waals surface area contributed by atoms with Crippen LogP contribution in [0.3, 0.4) is 0 Å². The van der Waals surface area contributed by atoms with E-state index in [0.29, 0.717) is 16.5 Å². The number of esters is 1. The Bertz CT molecular complexity index is 608. The van der Waals surface area contributed by atoms with Gasteiger partial charge in [-0.05, 0) is 12.1 Å². The Balaban J connectivity index is 1.95. The number of amides is 1. The Labute approximate surface area is 124 Å². The maximum Gasteiger partial charge on any atom is 0.330 e. The number of hydrogen-bond acceptors (Lipinski definition) is 7. The first kappa shape index (κ1) is 15.2. The molecule has 21 heavy (non-hydrogen) atoms. The number of rotatable bonds is 6. The Morgan fingerprint density at radius 3 is 3.00 bits per heavy atom. The summed E-state index contributed by atoms with van der Waals surface area (Å²) in [6, 6.07) is 2.47. The van der Waals surface area contributed by atoms with E-state index in [2.05, 4.69) is 15.0 Å². The number of aliphatic hydroxyl groups is 1. The molecule has 8 heteroatoms. The van der Waals surface area contributed by atoms with Crippen LogP contribution < -0.4 is 5.32 Å². The molecule has 0 aromatic carbocycles. The molecule has 1 amide bonds. The second-order valence-corrected chi connectivity index (χ2v) is 4.98. The van der Waals surface area contributed by atoms with Gasteiger partial charge in [-0.1, -0.05) is 0 Å². The summed E-state index contributed by atoms with van der Waals surface area (Å²) in [5.74, 6) is -0.481. The number of nitrogens with one attached hydrogen (secondary N) is 1. The summed E-state index contributed by atoms with van der Waals surface area (Å²) in [5.41, 5.74) is 0.561. The molecule has 0 fully saturated rings. The number of ether oxygens (including phenoxy) is 1. The topological polar surface area (TPSA) is 102 Å². The SMILES string of the molecule is COC(=O)C(CO)NC(=O)Cc1csc(-c2ccco2)n1. The highest BCUT2D eigenvalue weighted by Gasteiger charge is 2.21. The van der Waals surface area contributed by atoms with E-state index < -0.39 is 24.5 Å². The van der Waals surface area contributed by atoms with Crippen molar-refractivity contribution < 1.29 is 23.8 Å². The molecule has 0 bridgehead atoms. The van der Waals surface area contributed by atoms with Crippen molar-refractivity contribution in [3.8, 4) is 10.8 Å². The number of carbonyl (C=O) groups excluding carboxylic acids is 2. The molecule has 0 aliphatic carbocycles. The molecule has 0 saturated carbocycles. The van der Waals surface area contributed by atoms with E-state index in [0.717, 1.165) is 0 Å². The van der Waals surface area contributed by atoms with E-state index in [4.69, 9.17) is 9.52 Å². The van der Waals surface area contributed by atoms with Crippen molar-refractivity contribution in [2.75, 3.05) is 13.7 Å². The van der Waals surface area contributed by atoms with Crippen molar-refractivity contribution in [1.29, 1.82) is 0 Å². The second kappa shape index (κ2) is 7.00. The van der Waals surface area contributed by atoms with Crippen molar-refractivity contribution in [2.45, 2.75) is 12.5 Å². The Kier molecular flexibility index (Phi) is 5.07. The van der Waals surface area contributed by atoms with Gasteiger partial charge in [0.2, 0.25) is 5.91 Å². The maximum atomic E-state index is 11.8. The predicted octanol–water partition coefficient (Wildman–Crippen LogP) is 0.596. The van der Waals surface area contributed by atoms with E-state index >= 15 is 0 Å². The lowest BCUT2D eigenvalue weighted by Crippen LogP contribution is -2.44. The van der Waals surface area contributed by atoms with Gasteiger partial charge in [0.25, 0.3) is 0 Å². The second-order valence-electron chi connectivity index (χ2n) is 4.12. The summed E-state index contributed by atoms with van der Waals surface area (Å²) >= 11 is 1.36. The number of carbonyl (C=O) groups is 2. The number of aliphatic hydroxyl groups excluding tert-OH is 1. The van der Waals surface area contributed by atoms with Crippen LogP contribution in [0.15, 0.2) is 28.2 Å². The number of aromatic nitrogens is 1. The van der Waals surface area contributed by atoms with Gasteiger partial charge in [-0.3, -0.25) is 4.79 Å². The van der Waals surface area contributed by atoms with Crippen LogP contribution in [-0.2, 0) is 20.7 Å². The van der Waals surface area contributed by atoms with Crippen LogP contribution in [-0.4, -0.2) is 41.7 Å². The van der Waals surface area contributed by atoms with Crippen molar-refractivity contribution in [3.05, 3.63) is 29.5 Å². The van der Waals surface area contributed by atoms with E-state index in [1.165, 1.54) is 18.4 Å². The van der Waals surface area contributed by atoms with Gasteiger partial charge >= 0.3 is 5.97 Å². The van der Waals surface area contributed by atoms with Crippen LogP contribution in [0.2, 0.25) is 0 Å². The number of hydrogen-bond donors (Lipinski definition) is 2. The fourth-order valence-electron chi connectivity index (χ4n) is 1.63. The number of methoxy groups -OCH3 is 1. The first-order valence-corrected chi connectivity index (χ1v) is 6.98. The molecule has 1 unspecified atom stereocenters. The minimum atomic E-state index is -1.06. The molecular formula is C13H14N2O5S. The van der Waals surface area contributed by atoms with E-state index in [-0.39, 0.29) is 6.42 Å². The summed E-state index contributed by atoms with van der Waals surface area (Å²) in [7, 11) is 1.19. The standard InChI is InChI=1S/C13H14N2O5S/c1-19-13(18)9(6-16)15-11(17)5-8-7-21-12(14-8)10-3-2-4-20-10/h2-4,7,9,16H,5-6H2,1H3,(H,15,17). The lowest BCUT2D eigenvalue weighted by molar-refractivity contribution is -0.146. The lowest BCUT2D eigenvalue weighted by Gasteiger charge is -2.13. The summed E-state index contributed by atoms with van der Waals surface area (Å²) < 4.78 is 9.69. The molecule has 0 radical (unpaired) electrons. The molecule has 0 aliphatic rings. The van der Waals surface area contributed by atoms with Crippen LogP contribution in [0.25, 0.3) is 10.8 Å². The molecule has 0 aliphatic heterocycles. The third-order valence-electron chi connectivity index (χ3n) is 2.63. The van der Waals surface area contributed by atoms with Crippen molar-refractivity contribution in [1.82, 2.24) is 10.3 Å². The fraction of sp³-hybridized carbons (Fsp3) is 0.308. The average Bonchev–Trinajstić information content (AvgIpc) is 3.14. The van der Waals surface area contributed by atoms with Gasteiger partial charge in [0, 0.05) is 5.38 Å². The van der Waals surface area contributed by atoms with E-state index in [9.17, 15) is 9.59 Å². The van der Waals surface area contributed by atoms with Crippen LogP contribution in [0.1, 0.15) is 5.69 Å². The highest BCUT2D eigenvalue weighted by atomic mass is 32.1. The fourth-order valence-corrected chi connectivity index (χ4v) is 2.42. The molecule has 0 spiro atoms. The van der Waals surface area contributed by atoms with Crippen LogP contribution >= 0.6 is 11.3 Å². The first-order valence-electron chi connectivity index (χ1n) is 6.10. The molecule has 1 atom stereocenters. The maximum absolute atomic E-state index is 11.8. The van der Waals surface area contributed by atoms with E-state index in [1.54, 1.807) is 23.8 Å². The van der Waals surface area contributed by atoms with Gasteiger partial charge in [0.05, 0.1) is 32.1 Å². The summed E-state index contributed by atoms with van der Waals surface area (Å²) in [6.45, 7) is -0.521. The van der Waals surface area contributed by atoms with Gasteiger partial charge in [-0.25, -0.2) is 9.78 Å². The van der Waals surface area contributed by atoms with Crippen LogP contribution in [0.4, 0.5) is 0 Å². The van der Waals surface area contributed by atoms with Crippen molar-refractivity contribution >= 4 is 23.2 Å². The monoisotopic (exact) mass is 310 g/mol. The molecule has 7 nitrogen and oxygen atoms in total. The molecule has 112 valence electrons. The van der Waals surface area contributed by atoms with Gasteiger partial charge in [0.15, 0.2) is 16.8 Å². The van der Waals surface area contributed by atoms with Gasteiger partial charge < -0.3 is 19.6 Å². The average molecular weight is 310 g/mol. The van der Waals surface area contributed by atoms with Crippen LogP contribution in [0, 0.1) is 0 Å². The lowest BCUT2D eigenvalue weighted by atomic mass is 10.2. The number of thiazole rings is 1. The van der Waals surface area contributed by atoms with Crippen LogP contribution in [0.5, 0.6) is 0 Å². The van der Waals surface area contributed by atoms with E-state index in [1.807, 2.05) is 0 Å². The zero-order valence-electron chi connectivity index (χ0n) is 11.2. The minimum Gasteiger partial charge on any atom is -0.467 e. The highest BCUT2D eigenvalue weighted by Crippen LogP contribution is 2.23. The molecule has 2 N–H and O–H groups in total. The minimum absolute atomic E-state index is 0.00467. The third kappa shape index (κ3) is 3.89. The van der Waals surface area contributed by atoms with Gasteiger partial charge in [-0.15, -0.1) is 11.3 Å². The number of nitrogens with zero attached hydrogens (tertiary/aromatic N) is 1. The smallest absolute Gasteiger partial charge is 0.330 e. The zero-order chi connectivity index (χ0) is 15.2. The van der Waals surface area contributed by atoms with Crippen molar-refractivity contribution in [2.24, 2.45) is 0 Å². The normalized spacial score (nSPS) is 11.9. The molecular weight excluding hydrogens is 296 g/mol. The Morgan fingerprint density at radius 1 is 1.57 bits per heavy atom. The highest BCUT2D eigenvalue weighted by molar-refractivity contribution is 7.13. The Morgan fingerprint density at radius 2 is 2.38 bits per heavy atom. The van der Waals surface area contributed by atoms with Crippen molar-refractivity contribution in [3.63, 3.8) is 0 Å². The summed E-state index contributed by atoms with van der Waals surface area (Å²) in [6.07, 6.45) is 1.55. The predicted molar refractivity (Wildman–Crippen MR) is 74.6 cm³/mol. The Hall–Kier alpha value is -2.19. The van der Waals surface area contributed by atoms with Gasteiger partial charge in [-0.2, -0.15) is 0 Å². The molecule has 0 saturated heterocycles. The third-order valence-corrected chi connectivity index (χ3v) is 3.53. The largest absolute Gasteiger partial charge is 0.467 e. The first-order chi connectivity index (χ1) is 10.1. The summed E-state index contributed by atoms with van der Waals surface area (Å²) in [4.78, 5) is 27.4. The molecule has 2 rings (SSSR count). The molecule has 2 aromatic rings.